The molecule has 1 aliphatic rings. The fraction of sp³-hybridized carbons (Fsp3) is 0.714. The summed E-state index contributed by atoms with van der Waals surface area (Å²) in [5.74, 6) is 0.266. The van der Waals surface area contributed by atoms with Crippen LogP contribution in [0.5, 0.6) is 0 Å². The normalized spacial score (nSPS) is 17.9. The molecule has 1 amide bonds. The van der Waals surface area contributed by atoms with Gasteiger partial charge < -0.3 is 15.4 Å². The summed E-state index contributed by atoms with van der Waals surface area (Å²) < 4.78 is 7.07. The van der Waals surface area contributed by atoms with E-state index in [2.05, 4.69) is 5.10 Å². The average molecular weight is 280 g/mol. The smallest absolute Gasteiger partial charge is 0.240 e. The number of hydrogen-bond donors (Lipinski definition) is 1. The van der Waals surface area contributed by atoms with E-state index in [9.17, 15) is 4.79 Å². The Labute approximate surface area is 119 Å². The van der Waals surface area contributed by atoms with Crippen LogP contribution in [-0.2, 0) is 23.1 Å². The lowest BCUT2D eigenvalue weighted by molar-refractivity contribution is -0.135. The maximum atomic E-state index is 12.5. The molecule has 1 saturated heterocycles. The zero-order valence-corrected chi connectivity index (χ0v) is 12.3. The highest BCUT2D eigenvalue weighted by atomic mass is 16.5. The van der Waals surface area contributed by atoms with Crippen LogP contribution in [0.25, 0.3) is 0 Å². The maximum Gasteiger partial charge on any atom is 0.240 e. The molecule has 1 fully saturated rings. The van der Waals surface area contributed by atoms with Gasteiger partial charge in [-0.15, -0.1) is 0 Å². The molecule has 20 heavy (non-hydrogen) atoms. The molecule has 1 atom stereocenters. The Morgan fingerprint density at radius 3 is 2.85 bits per heavy atom. The first-order chi connectivity index (χ1) is 9.61. The molecular formula is C14H24N4O2. The second-order valence-corrected chi connectivity index (χ2v) is 5.35. The Balaban J connectivity index is 1.96. The number of aryl methyl sites for hydroxylation is 1. The molecule has 1 aliphatic heterocycles. The minimum absolute atomic E-state index is 0.0308. The number of hydrogen-bond acceptors (Lipinski definition) is 4. The highest BCUT2D eigenvalue weighted by Crippen LogP contribution is 2.19. The van der Waals surface area contributed by atoms with Crippen molar-refractivity contribution in [2.75, 3.05) is 19.8 Å². The first-order valence-electron chi connectivity index (χ1n) is 7.21. The second kappa shape index (κ2) is 6.85. The number of rotatable bonds is 5. The highest BCUT2D eigenvalue weighted by molar-refractivity contribution is 5.82. The lowest BCUT2D eigenvalue weighted by Crippen LogP contribution is -2.48. The number of amides is 1. The predicted octanol–water partition coefficient (Wildman–Crippen LogP) is 0.523. The van der Waals surface area contributed by atoms with Crippen LogP contribution in [-0.4, -0.2) is 46.4 Å². The van der Waals surface area contributed by atoms with E-state index in [0.717, 1.165) is 18.4 Å². The number of aromatic nitrogens is 2. The van der Waals surface area contributed by atoms with Crippen LogP contribution in [0.2, 0.25) is 0 Å². The largest absolute Gasteiger partial charge is 0.381 e. The van der Waals surface area contributed by atoms with Gasteiger partial charge in [-0.25, -0.2) is 0 Å². The number of carbonyl (C=O) groups is 1. The summed E-state index contributed by atoms with van der Waals surface area (Å²) in [5, 5.41) is 4.13. The molecule has 6 heteroatoms. The quantitative estimate of drug-likeness (QED) is 0.853. The van der Waals surface area contributed by atoms with Gasteiger partial charge in [-0.05, 0) is 25.7 Å². The van der Waals surface area contributed by atoms with Crippen LogP contribution in [0, 0.1) is 5.92 Å². The van der Waals surface area contributed by atoms with Crippen molar-refractivity contribution < 1.29 is 9.53 Å². The summed E-state index contributed by atoms with van der Waals surface area (Å²) >= 11 is 0. The van der Waals surface area contributed by atoms with Crippen molar-refractivity contribution in [3.8, 4) is 0 Å². The van der Waals surface area contributed by atoms with Crippen molar-refractivity contribution in [2.24, 2.45) is 18.7 Å². The van der Waals surface area contributed by atoms with Crippen molar-refractivity contribution in [2.45, 2.75) is 32.4 Å². The van der Waals surface area contributed by atoms with E-state index in [1.807, 2.05) is 20.2 Å². The van der Waals surface area contributed by atoms with Gasteiger partial charge in [0.25, 0.3) is 0 Å². The Morgan fingerprint density at radius 1 is 1.60 bits per heavy atom. The molecule has 2 heterocycles. The van der Waals surface area contributed by atoms with E-state index in [0.29, 0.717) is 26.3 Å². The maximum absolute atomic E-state index is 12.5. The van der Waals surface area contributed by atoms with Gasteiger partial charge in [0.1, 0.15) is 0 Å². The molecule has 0 aliphatic carbocycles. The van der Waals surface area contributed by atoms with E-state index in [1.54, 1.807) is 15.8 Å². The Bertz CT molecular complexity index is 440. The molecule has 0 aromatic carbocycles. The number of nitrogens with two attached hydrogens (primary N) is 1. The van der Waals surface area contributed by atoms with E-state index < -0.39 is 6.04 Å². The Hall–Kier alpha value is -1.40. The van der Waals surface area contributed by atoms with Crippen LogP contribution in [0.4, 0.5) is 0 Å². The van der Waals surface area contributed by atoms with E-state index in [-0.39, 0.29) is 11.8 Å². The average Bonchev–Trinajstić information content (AvgIpc) is 2.89. The summed E-state index contributed by atoms with van der Waals surface area (Å²) in [5.41, 5.74) is 7.19. The van der Waals surface area contributed by atoms with Gasteiger partial charge in [-0.3, -0.25) is 9.48 Å². The van der Waals surface area contributed by atoms with Crippen LogP contribution in [0.15, 0.2) is 12.4 Å². The molecule has 1 aromatic rings. The molecule has 2 rings (SSSR count). The van der Waals surface area contributed by atoms with Gasteiger partial charge in [0.05, 0.1) is 12.2 Å². The zero-order valence-electron chi connectivity index (χ0n) is 12.3. The van der Waals surface area contributed by atoms with Gasteiger partial charge >= 0.3 is 0 Å². The molecule has 1 unspecified atom stereocenters. The van der Waals surface area contributed by atoms with Crippen LogP contribution in [0.3, 0.4) is 0 Å². The molecule has 6 nitrogen and oxygen atoms in total. The number of likely N-dealkylation sites (N-methyl/N-ethyl adjacent to an activating group) is 1. The lowest BCUT2D eigenvalue weighted by Gasteiger charge is -2.31. The fourth-order valence-corrected chi connectivity index (χ4v) is 2.61. The van der Waals surface area contributed by atoms with Crippen molar-refractivity contribution in [1.29, 1.82) is 0 Å². The second-order valence-electron chi connectivity index (χ2n) is 5.35. The third-order valence-electron chi connectivity index (χ3n) is 3.88. The Kier molecular flexibility index (Phi) is 5.14. The molecule has 0 spiro atoms. The first-order valence-corrected chi connectivity index (χ1v) is 7.21. The standard InChI is InChI=1S/C14H24N4O2/c1-3-18(10-11-8-16-17(2)9-11)14(19)13(15)12-4-6-20-7-5-12/h8-9,12-13H,3-7,10,15H2,1-2H3. The molecule has 0 bridgehead atoms. The van der Waals surface area contributed by atoms with Crippen molar-refractivity contribution in [1.82, 2.24) is 14.7 Å². The van der Waals surface area contributed by atoms with E-state index >= 15 is 0 Å². The Morgan fingerprint density at radius 2 is 2.30 bits per heavy atom. The molecule has 0 saturated carbocycles. The summed E-state index contributed by atoms with van der Waals surface area (Å²) in [4.78, 5) is 14.3. The molecule has 1 aromatic heterocycles. The van der Waals surface area contributed by atoms with Gasteiger partial charge in [-0.2, -0.15) is 5.10 Å². The van der Waals surface area contributed by atoms with Crippen LogP contribution >= 0.6 is 0 Å². The predicted molar refractivity (Wildman–Crippen MR) is 75.8 cm³/mol. The highest BCUT2D eigenvalue weighted by Gasteiger charge is 2.29. The minimum Gasteiger partial charge on any atom is -0.381 e. The summed E-state index contributed by atoms with van der Waals surface area (Å²) in [6.45, 7) is 4.62. The zero-order chi connectivity index (χ0) is 14.5. The summed E-state index contributed by atoms with van der Waals surface area (Å²) in [7, 11) is 1.87. The van der Waals surface area contributed by atoms with Crippen molar-refractivity contribution in [3.63, 3.8) is 0 Å². The first kappa shape index (κ1) is 15.0. The van der Waals surface area contributed by atoms with Crippen molar-refractivity contribution >= 4 is 5.91 Å². The van der Waals surface area contributed by atoms with Crippen LogP contribution in [0.1, 0.15) is 25.3 Å². The molecule has 2 N–H and O–H groups in total. The third kappa shape index (κ3) is 3.58. The molecule has 112 valence electrons. The molecular weight excluding hydrogens is 256 g/mol. The number of nitrogens with zero attached hydrogens (tertiary/aromatic N) is 3. The summed E-state index contributed by atoms with van der Waals surface area (Å²) in [6, 6.07) is -0.421. The SMILES string of the molecule is CCN(Cc1cnn(C)c1)C(=O)C(N)C1CCOCC1. The van der Waals surface area contributed by atoms with Crippen molar-refractivity contribution in [3.05, 3.63) is 18.0 Å². The van der Waals surface area contributed by atoms with Crippen LogP contribution < -0.4 is 5.73 Å². The van der Waals surface area contributed by atoms with Gasteiger partial charge in [0.2, 0.25) is 5.91 Å². The monoisotopic (exact) mass is 280 g/mol. The van der Waals surface area contributed by atoms with Gasteiger partial charge in [0, 0.05) is 45.1 Å². The summed E-state index contributed by atoms with van der Waals surface area (Å²) in [6.07, 6.45) is 5.46. The van der Waals surface area contributed by atoms with Gasteiger partial charge in [0.15, 0.2) is 0 Å². The number of carbonyl (C=O) groups excluding carboxylic acids is 1. The number of ether oxygens (including phenoxy) is 1. The fourth-order valence-electron chi connectivity index (χ4n) is 2.61. The van der Waals surface area contributed by atoms with E-state index in [4.69, 9.17) is 10.5 Å². The van der Waals surface area contributed by atoms with E-state index in [1.165, 1.54) is 0 Å². The van der Waals surface area contributed by atoms with Gasteiger partial charge in [-0.1, -0.05) is 0 Å². The minimum atomic E-state index is -0.421. The molecule has 0 radical (unpaired) electrons. The topological polar surface area (TPSA) is 73.4 Å². The third-order valence-corrected chi connectivity index (χ3v) is 3.88. The lowest BCUT2D eigenvalue weighted by atomic mass is 9.91.